The summed E-state index contributed by atoms with van der Waals surface area (Å²) in [5.74, 6) is 0. The van der Waals surface area contributed by atoms with Crippen molar-refractivity contribution >= 4 is 81.2 Å². The van der Waals surface area contributed by atoms with E-state index in [2.05, 4.69) is 0 Å². The quantitative estimate of drug-likeness (QED) is 0.164. The number of allylic oxidation sites excluding steroid dienone is 1. The molecule has 0 saturated carbocycles. The summed E-state index contributed by atoms with van der Waals surface area (Å²) >= 11 is 35.7. The molecule has 2 aromatic rings. The van der Waals surface area contributed by atoms with E-state index in [1.807, 2.05) is 31.2 Å². The van der Waals surface area contributed by atoms with Crippen LogP contribution >= 0.6 is 70.2 Å². The first-order chi connectivity index (χ1) is 10.3. The fraction of sp³-hybridized carbons (Fsp3) is 0.0625. The van der Waals surface area contributed by atoms with E-state index in [0.29, 0.717) is 10.4 Å². The Hall–Kier alpha value is -0.280. The monoisotopic (exact) mass is 408 g/mol. The van der Waals surface area contributed by atoms with Crippen LogP contribution in [0, 0.1) is 6.92 Å². The molecule has 0 N–H and O–H groups in total. The van der Waals surface area contributed by atoms with Crippen LogP contribution in [0.4, 0.5) is 0 Å². The van der Waals surface area contributed by atoms with Gasteiger partial charge in [0.2, 0.25) is 0 Å². The predicted molar refractivity (Wildman–Crippen MR) is 103 cm³/mol. The number of thiocarbonyl (C=S) groups is 1. The molecule has 0 spiro atoms. The van der Waals surface area contributed by atoms with Gasteiger partial charge in [-0.25, -0.2) is 0 Å². The van der Waals surface area contributed by atoms with Gasteiger partial charge in [-0.2, -0.15) is 0 Å². The van der Waals surface area contributed by atoms with Gasteiger partial charge in [0, 0.05) is 10.4 Å². The van der Waals surface area contributed by atoms with Gasteiger partial charge in [0.05, 0.1) is 25.1 Å². The van der Waals surface area contributed by atoms with Crippen molar-refractivity contribution in [1.82, 2.24) is 0 Å². The van der Waals surface area contributed by atoms with Gasteiger partial charge in [-0.3, -0.25) is 0 Å². The molecule has 0 aromatic heterocycles. The smallest absolute Gasteiger partial charge is 0.0809 e. The Morgan fingerprint density at radius 2 is 1.27 bits per heavy atom. The van der Waals surface area contributed by atoms with Gasteiger partial charge in [0.1, 0.15) is 0 Å². The lowest BCUT2D eigenvalue weighted by Gasteiger charge is -2.09. The molecule has 0 aliphatic carbocycles. The molecule has 0 radical (unpaired) electrons. The summed E-state index contributed by atoms with van der Waals surface area (Å²) in [5.41, 5.74) is 2.57. The summed E-state index contributed by atoms with van der Waals surface area (Å²) in [7, 11) is 0. The number of aryl methyl sites for hydroxylation is 1. The van der Waals surface area contributed by atoms with Gasteiger partial charge in [-0.05, 0) is 18.6 Å². The van der Waals surface area contributed by atoms with Crippen LogP contribution in [0.2, 0.25) is 25.1 Å². The van der Waals surface area contributed by atoms with Crippen molar-refractivity contribution in [3.63, 3.8) is 0 Å². The average Bonchev–Trinajstić information content (AvgIpc) is 2.51. The third-order valence-corrected chi connectivity index (χ3v) is 5.66. The van der Waals surface area contributed by atoms with Crippen molar-refractivity contribution < 1.29 is 0 Å². The molecule has 0 heterocycles. The molecule has 2 rings (SSSR count). The number of halogens is 5. The van der Waals surface area contributed by atoms with Crippen molar-refractivity contribution in [3.05, 3.63) is 72.1 Å². The second kappa shape index (κ2) is 7.53. The summed E-state index contributed by atoms with van der Waals surface area (Å²) in [5, 5.41) is 0.946. The van der Waals surface area contributed by atoms with Gasteiger partial charge >= 0.3 is 0 Å². The van der Waals surface area contributed by atoms with Crippen LogP contribution < -0.4 is 0 Å². The molecule has 0 nitrogen and oxygen atoms in total. The van der Waals surface area contributed by atoms with Crippen LogP contribution in [-0.4, -0.2) is 4.86 Å². The Morgan fingerprint density at radius 3 is 1.77 bits per heavy atom. The third kappa shape index (κ3) is 3.79. The molecule has 0 unspecified atom stereocenters. The van der Waals surface area contributed by atoms with E-state index in [1.54, 1.807) is 12.2 Å². The first kappa shape index (κ1) is 18.1. The van der Waals surface area contributed by atoms with Crippen molar-refractivity contribution in [2.75, 3.05) is 0 Å². The van der Waals surface area contributed by atoms with Gasteiger partial charge in [0.15, 0.2) is 0 Å². The first-order valence-corrected chi connectivity index (χ1v) is 8.43. The number of benzene rings is 2. The molecule has 0 saturated heterocycles. The second-order valence-electron chi connectivity index (χ2n) is 4.55. The fourth-order valence-electron chi connectivity index (χ4n) is 1.74. The Kier molecular flexibility index (Phi) is 6.18. The molecule has 0 atom stereocenters. The van der Waals surface area contributed by atoms with Crippen LogP contribution in [0.15, 0.2) is 30.3 Å². The number of hydrogen-bond donors (Lipinski definition) is 0. The van der Waals surface area contributed by atoms with Crippen molar-refractivity contribution in [1.29, 1.82) is 0 Å². The molecule has 0 amide bonds. The maximum atomic E-state index is 6.17. The molecule has 0 fully saturated rings. The Morgan fingerprint density at radius 1 is 0.818 bits per heavy atom. The second-order valence-corrected chi connectivity index (χ2v) is 6.88. The highest BCUT2D eigenvalue weighted by Gasteiger charge is 2.17. The van der Waals surface area contributed by atoms with Crippen molar-refractivity contribution in [2.24, 2.45) is 0 Å². The minimum Gasteiger partial charge on any atom is -0.0819 e. The van der Waals surface area contributed by atoms with E-state index in [4.69, 9.17) is 70.2 Å². The minimum absolute atomic E-state index is 0.136. The van der Waals surface area contributed by atoms with E-state index in [0.717, 1.165) is 11.1 Å². The first-order valence-electron chi connectivity index (χ1n) is 6.13. The van der Waals surface area contributed by atoms with Gasteiger partial charge in [-0.15, -0.1) is 0 Å². The highest BCUT2D eigenvalue weighted by Crippen LogP contribution is 2.44. The van der Waals surface area contributed by atoms with Crippen LogP contribution in [-0.2, 0) is 0 Å². The van der Waals surface area contributed by atoms with Crippen LogP contribution in [0.3, 0.4) is 0 Å². The highest BCUT2D eigenvalue weighted by atomic mass is 35.5. The molecular formula is C16H9Cl5S. The summed E-state index contributed by atoms with van der Waals surface area (Å²) in [6.45, 7) is 2.01. The van der Waals surface area contributed by atoms with Gasteiger partial charge in [0.25, 0.3) is 0 Å². The molecule has 22 heavy (non-hydrogen) atoms. The van der Waals surface area contributed by atoms with Crippen LogP contribution in [0.5, 0.6) is 0 Å². The van der Waals surface area contributed by atoms with E-state index < -0.39 is 0 Å². The van der Waals surface area contributed by atoms with Gasteiger partial charge in [-0.1, -0.05) is 106 Å². The topological polar surface area (TPSA) is 0 Å². The summed E-state index contributed by atoms with van der Waals surface area (Å²) < 4.78 is 0. The molecule has 6 heteroatoms. The number of hydrogen-bond acceptors (Lipinski definition) is 1. The Balaban J connectivity index is 2.38. The predicted octanol–water partition coefficient (Wildman–Crippen LogP) is 7.69. The van der Waals surface area contributed by atoms with Crippen LogP contribution in [0.1, 0.15) is 16.7 Å². The third-order valence-electron chi connectivity index (χ3n) is 2.98. The van der Waals surface area contributed by atoms with E-state index in [-0.39, 0.29) is 25.1 Å². The summed E-state index contributed by atoms with van der Waals surface area (Å²) in [6, 6.07) is 7.89. The SMILES string of the molecule is Cc1ccc(C(=S)C=Cc2c(Cl)c(Cl)c(Cl)c(Cl)c2Cl)cc1. The zero-order valence-electron chi connectivity index (χ0n) is 11.3. The minimum atomic E-state index is 0.136. The lowest BCUT2D eigenvalue weighted by atomic mass is 10.1. The molecule has 114 valence electrons. The fourth-order valence-corrected chi connectivity index (χ4v) is 3.22. The summed E-state index contributed by atoms with van der Waals surface area (Å²) in [4.78, 5) is 0.648. The van der Waals surface area contributed by atoms with E-state index in [1.165, 1.54) is 0 Å². The average molecular weight is 411 g/mol. The lowest BCUT2D eigenvalue weighted by Crippen LogP contribution is -1.92. The molecule has 0 aliphatic rings. The van der Waals surface area contributed by atoms with Gasteiger partial charge < -0.3 is 0 Å². The lowest BCUT2D eigenvalue weighted by molar-refractivity contribution is 1.47. The molecule has 0 aliphatic heterocycles. The Bertz CT molecular complexity index is 734. The zero-order valence-corrected chi connectivity index (χ0v) is 15.9. The van der Waals surface area contributed by atoms with E-state index in [9.17, 15) is 0 Å². The Labute approximate surface area is 159 Å². The van der Waals surface area contributed by atoms with Crippen molar-refractivity contribution in [3.8, 4) is 0 Å². The molecule has 2 aromatic carbocycles. The molecule has 0 bridgehead atoms. The maximum absolute atomic E-state index is 6.17. The standard InChI is InChI=1S/C16H9Cl5S/c1-8-2-4-9(5-3-8)11(22)7-6-10-12(17)14(19)16(21)15(20)13(10)18/h2-7H,1H3. The van der Waals surface area contributed by atoms with Crippen LogP contribution in [0.25, 0.3) is 6.08 Å². The van der Waals surface area contributed by atoms with E-state index >= 15 is 0 Å². The highest BCUT2D eigenvalue weighted by molar-refractivity contribution is 7.81. The number of rotatable bonds is 3. The molecular weight excluding hydrogens is 402 g/mol. The largest absolute Gasteiger partial charge is 0.0819 e. The zero-order chi connectivity index (χ0) is 16.4. The van der Waals surface area contributed by atoms with Crippen molar-refractivity contribution in [2.45, 2.75) is 6.92 Å². The summed E-state index contributed by atoms with van der Waals surface area (Å²) in [6.07, 6.45) is 3.41. The maximum Gasteiger partial charge on any atom is 0.0809 e. The normalized spacial score (nSPS) is 11.2.